The van der Waals surface area contributed by atoms with Crippen molar-refractivity contribution >= 4 is 33.2 Å². The highest BCUT2D eigenvalue weighted by molar-refractivity contribution is 7.90. The minimum absolute atomic E-state index is 0.148. The fourth-order valence-electron chi connectivity index (χ4n) is 6.99. The number of hydrogen-bond donors (Lipinski definition) is 2. The van der Waals surface area contributed by atoms with E-state index in [0.29, 0.717) is 43.4 Å². The number of benzene rings is 1. The number of anilines is 1. The van der Waals surface area contributed by atoms with Gasteiger partial charge in [-0.25, -0.2) is 18.1 Å². The van der Waals surface area contributed by atoms with Crippen molar-refractivity contribution in [1.82, 2.24) is 9.71 Å². The van der Waals surface area contributed by atoms with Crippen LogP contribution in [0.3, 0.4) is 0 Å². The predicted octanol–water partition coefficient (Wildman–Crippen LogP) is 6.37. The van der Waals surface area contributed by atoms with Crippen molar-refractivity contribution in [3.8, 4) is 5.75 Å². The Kier molecular flexibility index (Phi) is 10.6. The average Bonchev–Trinajstić information content (AvgIpc) is 3.14. The van der Waals surface area contributed by atoms with Crippen LogP contribution >= 0.6 is 11.6 Å². The van der Waals surface area contributed by atoms with Crippen LogP contribution in [0.5, 0.6) is 5.75 Å². The summed E-state index contributed by atoms with van der Waals surface area (Å²) in [5.74, 6) is 0.389. The summed E-state index contributed by atoms with van der Waals surface area (Å²) >= 11 is 6.29. The third-order valence-electron chi connectivity index (χ3n) is 9.84. The summed E-state index contributed by atoms with van der Waals surface area (Å²) in [6, 6.07) is 9.07. The molecular formula is C35H46ClN3O5S. The number of carbonyl (C=O) groups excluding carboxylic acids is 1. The molecule has 1 aromatic carbocycles. The van der Waals surface area contributed by atoms with Gasteiger partial charge in [-0.15, -0.1) is 6.58 Å². The standard InChI is InChI=1S/C35H46ClN3O5S/c1-4-6-8-12-31(40)27-15-13-26(27)21-39-22-35(19-9-11-29-28(35)16-18-33(36)37-29)23-44-32-17-14-25(20-30(32)39)34(41)38-45(42,43)24(3)10-7-5-2/h5,8,12,14,16-18,20,24,26-27,31,40H,2,4,6-7,9-11,13,15,19,21-23H2,1,3H3,(H,38,41)/b12-8+/t24?,26-,27+,31?,35-/m0/s1. The molecule has 1 fully saturated rings. The van der Waals surface area contributed by atoms with Gasteiger partial charge in [-0.05, 0) is 100.0 Å². The Bertz CT molecular complexity index is 1530. The number of aliphatic hydroxyl groups is 1. The fourth-order valence-corrected chi connectivity index (χ4v) is 8.18. The number of carbonyl (C=O) groups is 1. The topological polar surface area (TPSA) is 109 Å². The second-order valence-corrected chi connectivity index (χ2v) is 15.5. The summed E-state index contributed by atoms with van der Waals surface area (Å²) in [7, 11) is -3.87. The molecule has 3 aliphatic rings. The molecule has 5 atom stereocenters. The van der Waals surface area contributed by atoms with Crippen molar-refractivity contribution in [1.29, 1.82) is 0 Å². The van der Waals surface area contributed by atoms with Gasteiger partial charge in [0.15, 0.2) is 0 Å². The molecule has 0 saturated heterocycles. The number of halogens is 1. The monoisotopic (exact) mass is 655 g/mol. The number of pyridine rings is 1. The van der Waals surface area contributed by atoms with Gasteiger partial charge in [-0.2, -0.15) is 0 Å². The van der Waals surface area contributed by atoms with Crippen LogP contribution in [0.25, 0.3) is 0 Å². The Hall–Kier alpha value is -2.88. The summed E-state index contributed by atoms with van der Waals surface area (Å²) in [6.07, 6.45) is 12.8. The van der Waals surface area contributed by atoms with E-state index in [-0.39, 0.29) is 22.8 Å². The number of nitrogens with zero attached hydrogens (tertiary/aromatic N) is 2. The molecule has 5 rings (SSSR count). The van der Waals surface area contributed by atoms with E-state index in [1.807, 2.05) is 12.1 Å². The minimum atomic E-state index is -3.87. The molecule has 1 aromatic heterocycles. The Balaban J connectivity index is 1.47. The maximum atomic E-state index is 13.3. The summed E-state index contributed by atoms with van der Waals surface area (Å²) < 4.78 is 34.6. The van der Waals surface area contributed by atoms with Crippen molar-refractivity contribution in [3.05, 3.63) is 77.1 Å². The molecule has 1 saturated carbocycles. The van der Waals surface area contributed by atoms with Crippen LogP contribution in [0.15, 0.2) is 55.1 Å². The van der Waals surface area contributed by atoms with E-state index in [1.54, 1.807) is 31.2 Å². The number of unbranched alkanes of at least 4 members (excludes halogenated alkanes) is 1. The van der Waals surface area contributed by atoms with E-state index < -0.39 is 27.3 Å². The van der Waals surface area contributed by atoms with Gasteiger partial charge in [0.25, 0.3) is 5.91 Å². The quantitative estimate of drug-likeness (QED) is 0.202. The van der Waals surface area contributed by atoms with Crippen LogP contribution in [0.1, 0.15) is 86.8 Å². The van der Waals surface area contributed by atoms with E-state index in [0.717, 1.165) is 61.9 Å². The Labute approximate surface area is 273 Å². The molecular weight excluding hydrogens is 610 g/mol. The first-order chi connectivity index (χ1) is 21.6. The van der Waals surface area contributed by atoms with Crippen LogP contribution < -0.4 is 14.4 Å². The van der Waals surface area contributed by atoms with E-state index in [2.05, 4.69) is 40.3 Å². The summed E-state index contributed by atoms with van der Waals surface area (Å²) in [5.41, 5.74) is 2.81. The van der Waals surface area contributed by atoms with Gasteiger partial charge >= 0.3 is 0 Å². The molecule has 10 heteroatoms. The number of nitrogens with one attached hydrogen (secondary N) is 1. The molecule has 1 aliphatic heterocycles. The number of hydrogen-bond acceptors (Lipinski definition) is 7. The molecule has 1 amide bonds. The number of fused-ring (bicyclic) bond motifs is 3. The SMILES string of the molecule is C=CCCC(C)S(=O)(=O)NC(=O)c1ccc2c(c1)N(C[C@@H]1CC[C@H]1C(O)/C=C/CCC)C[C@@]1(CCCc3nc(Cl)ccc31)CO2. The lowest BCUT2D eigenvalue weighted by atomic mass is 9.69. The molecule has 1 spiro atoms. The summed E-state index contributed by atoms with van der Waals surface area (Å²) in [5, 5.41) is 10.7. The maximum absolute atomic E-state index is 13.3. The fraction of sp³-hybridized carbons (Fsp3) is 0.543. The third kappa shape index (κ3) is 7.42. The van der Waals surface area contributed by atoms with Crippen LogP contribution in [0, 0.1) is 11.8 Å². The van der Waals surface area contributed by atoms with Gasteiger partial charge in [0.1, 0.15) is 10.9 Å². The highest BCUT2D eigenvalue weighted by Gasteiger charge is 2.44. The molecule has 2 aliphatic carbocycles. The van der Waals surface area contributed by atoms with Gasteiger partial charge in [-0.1, -0.05) is 49.2 Å². The molecule has 2 aromatic rings. The number of aryl methyl sites for hydroxylation is 1. The minimum Gasteiger partial charge on any atom is -0.490 e. The largest absolute Gasteiger partial charge is 0.490 e. The summed E-state index contributed by atoms with van der Waals surface area (Å²) in [6.45, 7) is 9.15. The molecule has 0 bridgehead atoms. The molecule has 0 radical (unpaired) electrons. The van der Waals surface area contributed by atoms with Gasteiger partial charge < -0.3 is 14.7 Å². The van der Waals surface area contributed by atoms with Crippen molar-refractivity contribution < 1.29 is 23.1 Å². The maximum Gasteiger partial charge on any atom is 0.264 e. The second kappa shape index (κ2) is 14.3. The number of ether oxygens (including phenoxy) is 1. The third-order valence-corrected chi connectivity index (χ3v) is 11.8. The molecule has 8 nitrogen and oxygen atoms in total. The first-order valence-electron chi connectivity index (χ1n) is 16.3. The van der Waals surface area contributed by atoms with Crippen molar-refractivity contribution in [2.24, 2.45) is 11.8 Å². The van der Waals surface area contributed by atoms with E-state index >= 15 is 0 Å². The lowest BCUT2D eigenvalue weighted by molar-refractivity contribution is 0.0456. The average molecular weight is 656 g/mol. The van der Waals surface area contributed by atoms with Crippen molar-refractivity contribution in [2.75, 3.05) is 24.6 Å². The van der Waals surface area contributed by atoms with Crippen LogP contribution in [0.2, 0.25) is 5.15 Å². The highest BCUT2D eigenvalue weighted by Crippen LogP contribution is 2.46. The number of aliphatic hydroxyl groups excluding tert-OH is 1. The van der Waals surface area contributed by atoms with Gasteiger partial charge in [0.05, 0.1) is 23.6 Å². The Morgan fingerprint density at radius 2 is 2.11 bits per heavy atom. The molecule has 2 N–H and O–H groups in total. The van der Waals surface area contributed by atoms with Crippen molar-refractivity contribution in [2.45, 2.75) is 88.4 Å². The van der Waals surface area contributed by atoms with E-state index in [1.165, 1.54) is 0 Å². The number of aromatic nitrogens is 1. The zero-order valence-electron chi connectivity index (χ0n) is 26.4. The predicted molar refractivity (Wildman–Crippen MR) is 180 cm³/mol. The summed E-state index contributed by atoms with van der Waals surface area (Å²) in [4.78, 5) is 20.3. The van der Waals surface area contributed by atoms with Gasteiger partial charge in [0, 0.05) is 29.8 Å². The first kappa shape index (κ1) is 33.5. The first-order valence-corrected chi connectivity index (χ1v) is 18.2. The lowest BCUT2D eigenvalue weighted by Gasteiger charge is -2.45. The number of amides is 1. The Morgan fingerprint density at radius 3 is 2.84 bits per heavy atom. The van der Waals surface area contributed by atoms with Crippen molar-refractivity contribution in [3.63, 3.8) is 0 Å². The number of rotatable bonds is 12. The zero-order chi connectivity index (χ0) is 32.2. The van der Waals surface area contributed by atoms with Crippen LogP contribution in [0.4, 0.5) is 5.69 Å². The zero-order valence-corrected chi connectivity index (χ0v) is 28.0. The Morgan fingerprint density at radius 1 is 1.29 bits per heavy atom. The number of sulfonamides is 1. The lowest BCUT2D eigenvalue weighted by Crippen LogP contribution is -2.49. The van der Waals surface area contributed by atoms with Gasteiger partial charge in [0.2, 0.25) is 10.0 Å². The van der Waals surface area contributed by atoms with Crippen LogP contribution in [-0.4, -0.2) is 55.5 Å². The number of allylic oxidation sites excluding steroid dienone is 2. The van der Waals surface area contributed by atoms with Gasteiger partial charge in [-0.3, -0.25) is 4.79 Å². The van der Waals surface area contributed by atoms with E-state index in [9.17, 15) is 18.3 Å². The smallest absolute Gasteiger partial charge is 0.264 e. The molecule has 2 heterocycles. The highest BCUT2D eigenvalue weighted by atomic mass is 35.5. The molecule has 45 heavy (non-hydrogen) atoms. The molecule has 244 valence electrons. The van der Waals surface area contributed by atoms with Crippen LogP contribution in [-0.2, 0) is 21.9 Å². The van der Waals surface area contributed by atoms with E-state index in [4.69, 9.17) is 16.3 Å². The second-order valence-electron chi connectivity index (χ2n) is 13.0. The molecule has 2 unspecified atom stereocenters. The normalized spacial score (nSPS) is 24.1.